The van der Waals surface area contributed by atoms with Crippen molar-refractivity contribution in [2.75, 3.05) is 6.54 Å². The standard InChI is InChI=1S/C17H20N2S/c1-2-4-12(5-3-1)16-15(10-11-18-14-8-9-14)20-17(19-16)13-6-7-13/h1-5,13-14,18H,6-11H2. The predicted molar refractivity (Wildman–Crippen MR) is 84.3 cm³/mol. The summed E-state index contributed by atoms with van der Waals surface area (Å²) in [6.07, 6.45) is 6.51. The predicted octanol–water partition coefficient (Wildman–Crippen LogP) is 3.98. The van der Waals surface area contributed by atoms with Gasteiger partial charge in [0.15, 0.2) is 0 Å². The Morgan fingerprint density at radius 2 is 1.90 bits per heavy atom. The average Bonchev–Trinajstić information content (AvgIpc) is 3.39. The Morgan fingerprint density at radius 1 is 1.10 bits per heavy atom. The second kappa shape index (κ2) is 5.30. The summed E-state index contributed by atoms with van der Waals surface area (Å²) in [7, 11) is 0. The first kappa shape index (κ1) is 12.5. The van der Waals surface area contributed by atoms with Crippen molar-refractivity contribution in [3.8, 4) is 11.3 Å². The summed E-state index contributed by atoms with van der Waals surface area (Å²) in [6, 6.07) is 11.5. The van der Waals surface area contributed by atoms with Crippen molar-refractivity contribution < 1.29 is 0 Å². The minimum atomic E-state index is 0.757. The van der Waals surface area contributed by atoms with Crippen molar-refractivity contribution in [3.05, 3.63) is 40.2 Å². The van der Waals surface area contributed by atoms with E-state index in [0.717, 1.165) is 24.9 Å². The summed E-state index contributed by atoms with van der Waals surface area (Å²) in [5, 5.41) is 4.98. The maximum absolute atomic E-state index is 4.95. The van der Waals surface area contributed by atoms with Gasteiger partial charge in [0.1, 0.15) is 0 Å². The highest BCUT2D eigenvalue weighted by molar-refractivity contribution is 7.12. The Labute approximate surface area is 124 Å². The van der Waals surface area contributed by atoms with Gasteiger partial charge in [-0.15, -0.1) is 11.3 Å². The SMILES string of the molecule is c1ccc(-c2nc(C3CC3)sc2CCNC2CC2)cc1. The molecule has 2 aliphatic rings. The van der Waals surface area contributed by atoms with Crippen LogP contribution in [0, 0.1) is 0 Å². The van der Waals surface area contributed by atoms with Crippen LogP contribution in [0.3, 0.4) is 0 Å². The first-order valence-electron chi connectivity index (χ1n) is 7.68. The molecule has 2 saturated carbocycles. The van der Waals surface area contributed by atoms with Crippen LogP contribution >= 0.6 is 11.3 Å². The van der Waals surface area contributed by atoms with E-state index in [4.69, 9.17) is 4.98 Å². The molecule has 1 heterocycles. The lowest BCUT2D eigenvalue weighted by Crippen LogP contribution is -2.19. The molecule has 1 aromatic carbocycles. The average molecular weight is 284 g/mol. The summed E-state index contributed by atoms with van der Waals surface area (Å²) in [5.74, 6) is 0.757. The van der Waals surface area contributed by atoms with Crippen LogP contribution < -0.4 is 5.32 Å². The van der Waals surface area contributed by atoms with Crippen LogP contribution in [0.1, 0.15) is 41.5 Å². The first-order valence-corrected chi connectivity index (χ1v) is 8.50. The fourth-order valence-electron chi connectivity index (χ4n) is 2.54. The number of nitrogens with zero attached hydrogens (tertiary/aromatic N) is 1. The zero-order valence-electron chi connectivity index (χ0n) is 11.6. The summed E-state index contributed by atoms with van der Waals surface area (Å²) in [6.45, 7) is 1.09. The normalized spacial score (nSPS) is 18.4. The van der Waals surface area contributed by atoms with Crippen molar-refractivity contribution in [2.45, 2.75) is 44.1 Å². The molecule has 4 rings (SSSR count). The van der Waals surface area contributed by atoms with E-state index in [2.05, 4.69) is 35.6 Å². The minimum absolute atomic E-state index is 0.757. The van der Waals surface area contributed by atoms with Crippen LogP contribution in [0.4, 0.5) is 0 Å². The fraction of sp³-hybridized carbons (Fsp3) is 0.471. The molecule has 2 nitrogen and oxygen atoms in total. The first-order chi connectivity index (χ1) is 9.90. The van der Waals surface area contributed by atoms with E-state index >= 15 is 0 Å². The van der Waals surface area contributed by atoms with Gasteiger partial charge in [0.2, 0.25) is 0 Å². The van der Waals surface area contributed by atoms with Gasteiger partial charge in [0.25, 0.3) is 0 Å². The molecule has 0 unspecified atom stereocenters. The van der Waals surface area contributed by atoms with Crippen molar-refractivity contribution >= 4 is 11.3 Å². The number of thiazole rings is 1. The third-order valence-electron chi connectivity index (χ3n) is 4.05. The van der Waals surface area contributed by atoms with Gasteiger partial charge in [0.05, 0.1) is 10.7 Å². The third kappa shape index (κ3) is 2.79. The van der Waals surface area contributed by atoms with Gasteiger partial charge in [-0.3, -0.25) is 0 Å². The molecule has 20 heavy (non-hydrogen) atoms. The highest BCUT2D eigenvalue weighted by atomic mass is 32.1. The molecule has 104 valence electrons. The lowest BCUT2D eigenvalue weighted by Gasteiger charge is -2.03. The van der Waals surface area contributed by atoms with E-state index in [9.17, 15) is 0 Å². The largest absolute Gasteiger partial charge is 0.314 e. The molecule has 0 bridgehead atoms. The number of benzene rings is 1. The lowest BCUT2D eigenvalue weighted by atomic mass is 10.1. The highest BCUT2D eigenvalue weighted by Gasteiger charge is 2.28. The van der Waals surface area contributed by atoms with E-state index in [0.29, 0.717) is 0 Å². The monoisotopic (exact) mass is 284 g/mol. The molecule has 0 saturated heterocycles. The number of hydrogen-bond donors (Lipinski definition) is 1. The van der Waals surface area contributed by atoms with Crippen LogP contribution in [0.5, 0.6) is 0 Å². The minimum Gasteiger partial charge on any atom is -0.314 e. The van der Waals surface area contributed by atoms with Crippen molar-refractivity contribution in [1.29, 1.82) is 0 Å². The van der Waals surface area contributed by atoms with Gasteiger partial charge in [-0.25, -0.2) is 4.98 Å². The van der Waals surface area contributed by atoms with Gasteiger partial charge in [0, 0.05) is 28.9 Å². The molecular weight excluding hydrogens is 264 g/mol. The Kier molecular flexibility index (Phi) is 3.32. The Hall–Kier alpha value is -1.19. The van der Waals surface area contributed by atoms with Gasteiger partial charge in [-0.1, -0.05) is 30.3 Å². The Balaban J connectivity index is 1.57. The van der Waals surface area contributed by atoms with Gasteiger partial charge >= 0.3 is 0 Å². The van der Waals surface area contributed by atoms with E-state index in [1.807, 2.05) is 11.3 Å². The smallest absolute Gasteiger partial charge is 0.0966 e. The third-order valence-corrected chi connectivity index (χ3v) is 5.33. The summed E-state index contributed by atoms with van der Waals surface area (Å²) in [5.41, 5.74) is 2.51. The maximum atomic E-state index is 4.95. The molecule has 0 radical (unpaired) electrons. The fourth-order valence-corrected chi connectivity index (χ4v) is 3.80. The number of rotatable bonds is 6. The van der Waals surface area contributed by atoms with Crippen LogP contribution in [0.2, 0.25) is 0 Å². The van der Waals surface area contributed by atoms with Crippen LogP contribution in [-0.2, 0) is 6.42 Å². The quantitative estimate of drug-likeness (QED) is 0.868. The van der Waals surface area contributed by atoms with Crippen LogP contribution in [0.25, 0.3) is 11.3 Å². The second-order valence-electron chi connectivity index (χ2n) is 5.94. The van der Waals surface area contributed by atoms with E-state index in [1.54, 1.807) is 0 Å². The molecule has 1 N–H and O–H groups in total. The van der Waals surface area contributed by atoms with Crippen LogP contribution in [0.15, 0.2) is 30.3 Å². The summed E-state index contributed by atoms with van der Waals surface area (Å²) < 4.78 is 0. The highest BCUT2D eigenvalue weighted by Crippen LogP contribution is 2.44. The van der Waals surface area contributed by atoms with Crippen molar-refractivity contribution in [2.24, 2.45) is 0 Å². The van der Waals surface area contributed by atoms with E-state index in [1.165, 1.54) is 46.8 Å². The van der Waals surface area contributed by atoms with E-state index < -0.39 is 0 Å². The Morgan fingerprint density at radius 3 is 2.60 bits per heavy atom. The Bertz CT molecular complexity index is 582. The van der Waals surface area contributed by atoms with Crippen LogP contribution in [-0.4, -0.2) is 17.6 Å². The van der Waals surface area contributed by atoms with Crippen molar-refractivity contribution in [3.63, 3.8) is 0 Å². The second-order valence-corrected chi connectivity index (χ2v) is 7.06. The van der Waals surface area contributed by atoms with Crippen molar-refractivity contribution in [1.82, 2.24) is 10.3 Å². The topological polar surface area (TPSA) is 24.9 Å². The zero-order valence-corrected chi connectivity index (χ0v) is 12.5. The lowest BCUT2D eigenvalue weighted by molar-refractivity contribution is 0.685. The van der Waals surface area contributed by atoms with E-state index in [-0.39, 0.29) is 0 Å². The van der Waals surface area contributed by atoms with Gasteiger partial charge in [-0.05, 0) is 32.1 Å². The summed E-state index contributed by atoms with van der Waals surface area (Å²) in [4.78, 5) is 6.41. The number of aromatic nitrogens is 1. The molecule has 2 fully saturated rings. The van der Waals surface area contributed by atoms with Gasteiger partial charge in [-0.2, -0.15) is 0 Å². The zero-order chi connectivity index (χ0) is 13.4. The maximum Gasteiger partial charge on any atom is 0.0966 e. The molecule has 0 spiro atoms. The molecule has 2 aliphatic carbocycles. The molecule has 1 aromatic heterocycles. The molecule has 0 aliphatic heterocycles. The summed E-state index contributed by atoms with van der Waals surface area (Å²) >= 11 is 1.95. The molecule has 0 atom stereocenters. The number of hydrogen-bond acceptors (Lipinski definition) is 3. The molecule has 3 heteroatoms. The molecule has 2 aromatic rings. The molecular formula is C17H20N2S. The molecule has 0 amide bonds. The number of nitrogens with one attached hydrogen (secondary N) is 1. The van der Waals surface area contributed by atoms with Gasteiger partial charge < -0.3 is 5.32 Å².